The van der Waals surface area contributed by atoms with Crippen molar-refractivity contribution in [2.24, 2.45) is 0 Å². The highest BCUT2D eigenvalue weighted by Crippen LogP contribution is 2.43. The van der Waals surface area contributed by atoms with Gasteiger partial charge in [-0.25, -0.2) is 8.78 Å². The number of alkyl halides is 4. The number of halogens is 6. The SMILES string of the molecule is O=C(C(Br)(Br)Cc1ccc(F)cc1)C(Br)(Br)Cc1ccc(F)cc1. The fourth-order valence-electron chi connectivity index (χ4n) is 2.15. The Labute approximate surface area is 172 Å². The molecular formula is C17H12Br4F2O. The quantitative estimate of drug-likeness (QED) is 0.362. The van der Waals surface area contributed by atoms with Crippen LogP contribution in [0, 0.1) is 11.6 Å². The average Bonchev–Trinajstić information content (AvgIpc) is 2.51. The van der Waals surface area contributed by atoms with E-state index in [1.165, 1.54) is 24.3 Å². The third kappa shape index (κ3) is 5.44. The normalized spacial score (nSPS) is 12.2. The molecule has 0 spiro atoms. The second-order valence-corrected chi connectivity index (χ2v) is 12.9. The molecule has 0 unspecified atom stereocenters. The summed E-state index contributed by atoms with van der Waals surface area (Å²) in [6, 6.07) is 11.9. The molecule has 0 fully saturated rings. The molecule has 128 valence electrons. The van der Waals surface area contributed by atoms with E-state index in [0.29, 0.717) is 12.8 Å². The molecule has 2 aromatic rings. The maximum absolute atomic E-state index is 13.0. The minimum Gasteiger partial charge on any atom is -0.295 e. The molecule has 0 amide bonds. The van der Waals surface area contributed by atoms with Gasteiger partial charge in [0, 0.05) is 12.8 Å². The highest BCUT2D eigenvalue weighted by molar-refractivity contribution is 9.27. The summed E-state index contributed by atoms with van der Waals surface area (Å²) < 4.78 is 23.9. The zero-order valence-electron chi connectivity index (χ0n) is 12.2. The Morgan fingerprint density at radius 3 is 1.29 bits per heavy atom. The van der Waals surface area contributed by atoms with Crippen LogP contribution in [0.5, 0.6) is 0 Å². The van der Waals surface area contributed by atoms with E-state index in [1.807, 2.05) is 0 Å². The molecule has 2 aromatic carbocycles. The largest absolute Gasteiger partial charge is 0.295 e. The first-order valence-electron chi connectivity index (χ1n) is 6.89. The average molecular weight is 590 g/mol. The second-order valence-electron chi connectivity index (χ2n) is 5.34. The standard InChI is InChI=1S/C17H12Br4F2O/c18-16(19,9-11-1-5-13(22)6-2-11)15(24)17(20,21)10-12-3-7-14(23)8-4-12/h1-8H,9-10H2. The molecule has 0 aliphatic carbocycles. The van der Waals surface area contributed by atoms with Gasteiger partial charge in [0.2, 0.25) is 0 Å². The van der Waals surface area contributed by atoms with Crippen molar-refractivity contribution in [3.05, 3.63) is 71.3 Å². The summed E-state index contributed by atoms with van der Waals surface area (Å²) in [4.78, 5) is 12.9. The van der Waals surface area contributed by atoms with Crippen LogP contribution in [0.15, 0.2) is 48.5 Å². The zero-order chi connectivity index (χ0) is 18.0. The number of rotatable bonds is 6. The molecule has 0 radical (unpaired) electrons. The van der Waals surface area contributed by atoms with Gasteiger partial charge in [-0.05, 0) is 35.4 Å². The van der Waals surface area contributed by atoms with Crippen LogP contribution in [0.1, 0.15) is 11.1 Å². The molecule has 0 saturated heterocycles. The molecule has 0 saturated carbocycles. The Hall–Kier alpha value is -0.110. The Bertz CT molecular complexity index is 651. The number of Topliss-reactive ketones (excluding diaryl/α,β-unsaturated/α-hetero) is 1. The monoisotopic (exact) mass is 586 g/mol. The topological polar surface area (TPSA) is 17.1 Å². The van der Waals surface area contributed by atoms with Gasteiger partial charge in [0.15, 0.2) is 5.78 Å². The highest BCUT2D eigenvalue weighted by atomic mass is 79.9. The van der Waals surface area contributed by atoms with Gasteiger partial charge in [-0.15, -0.1) is 0 Å². The first kappa shape index (κ1) is 20.2. The molecule has 24 heavy (non-hydrogen) atoms. The number of carbonyl (C=O) groups is 1. The van der Waals surface area contributed by atoms with Gasteiger partial charge in [-0.2, -0.15) is 0 Å². The summed E-state index contributed by atoms with van der Waals surface area (Å²) in [7, 11) is 0. The molecule has 0 heterocycles. The fraction of sp³-hybridized carbons (Fsp3) is 0.235. The van der Waals surface area contributed by atoms with E-state index >= 15 is 0 Å². The van der Waals surface area contributed by atoms with Crippen LogP contribution >= 0.6 is 63.7 Å². The van der Waals surface area contributed by atoms with Crippen LogP contribution in [0.3, 0.4) is 0 Å². The first-order chi connectivity index (χ1) is 11.1. The molecule has 0 bridgehead atoms. The van der Waals surface area contributed by atoms with Gasteiger partial charge >= 0.3 is 0 Å². The lowest BCUT2D eigenvalue weighted by molar-refractivity contribution is -0.119. The van der Waals surface area contributed by atoms with E-state index in [4.69, 9.17) is 0 Å². The zero-order valence-corrected chi connectivity index (χ0v) is 18.6. The number of carbonyl (C=O) groups excluding carboxylic acids is 1. The van der Waals surface area contributed by atoms with Crippen LogP contribution in [0.2, 0.25) is 0 Å². The summed E-state index contributed by atoms with van der Waals surface area (Å²) in [6.45, 7) is 0. The molecule has 0 atom stereocenters. The van der Waals surface area contributed by atoms with Crippen molar-refractivity contribution in [1.29, 1.82) is 0 Å². The van der Waals surface area contributed by atoms with Gasteiger partial charge in [-0.3, -0.25) is 4.79 Å². The Morgan fingerprint density at radius 1 is 0.708 bits per heavy atom. The van der Waals surface area contributed by atoms with E-state index in [9.17, 15) is 13.6 Å². The van der Waals surface area contributed by atoms with E-state index in [2.05, 4.69) is 63.7 Å². The van der Waals surface area contributed by atoms with Crippen molar-refractivity contribution in [2.45, 2.75) is 19.3 Å². The minimum absolute atomic E-state index is 0.191. The molecule has 1 nitrogen and oxygen atoms in total. The first-order valence-corrected chi connectivity index (χ1v) is 10.1. The summed E-state index contributed by atoms with van der Waals surface area (Å²) >= 11 is 13.7. The number of ketones is 1. The van der Waals surface area contributed by atoms with Crippen molar-refractivity contribution in [2.75, 3.05) is 0 Å². The van der Waals surface area contributed by atoms with Crippen LogP contribution < -0.4 is 0 Å². The summed E-state index contributed by atoms with van der Waals surface area (Å²) in [5, 5.41) is 0. The van der Waals surface area contributed by atoms with Gasteiger partial charge in [0.25, 0.3) is 0 Å². The Morgan fingerprint density at radius 2 is 1.00 bits per heavy atom. The number of hydrogen-bond donors (Lipinski definition) is 0. The molecule has 0 aliphatic heterocycles. The third-order valence-corrected chi connectivity index (χ3v) is 5.91. The summed E-state index contributed by atoms with van der Waals surface area (Å²) in [5.74, 6) is -0.846. The Kier molecular flexibility index (Phi) is 6.79. The predicted molar refractivity (Wildman–Crippen MR) is 106 cm³/mol. The molecule has 0 aromatic heterocycles. The maximum atomic E-state index is 13.0. The minimum atomic E-state index is -1.04. The van der Waals surface area contributed by atoms with E-state index in [0.717, 1.165) is 11.1 Å². The molecule has 2 rings (SSSR count). The highest BCUT2D eigenvalue weighted by Gasteiger charge is 2.45. The predicted octanol–water partition coefficient (Wildman–Crippen LogP) is 6.29. The molecule has 0 N–H and O–H groups in total. The fourth-order valence-corrected chi connectivity index (χ4v) is 5.86. The molecule has 7 heteroatoms. The lowest BCUT2D eigenvalue weighted by Crippen LogP contribution is -2.41. The van der Waals surface area contributed by atoms with Crippen LogP contribution in [0.25, 0.3) is 0 Å². The maximum Gasteiger partial charge on any atom is 0.188 e. The van der Waals surface area contributed by atoms with Crippen LogP contribution in [-0.4, -0.2) is 12.3 Å². The van der Waals surface area contributed by atoms with Crippen molar-refractivity contribution >= 4 is 69.5 Å². The van der Waals surface area contributed by atoms with Crippen LogP contribution in [0.4, 0.5) is 8.78 Å². The molecular weight excluding hydrogens is 578 g/mol. The van der Waals surface area contributed by atoms with Gasteiger partial charge in [0.05, 0.1) is 0 Å². The second kappa shape index (κ2) is 8.06. The van der Waals surface area contributed by atoms with E-state index < -0.39 is 6.47 Å². The lowest BCUT2D eigenvalue weighted by Gasteiger charge is -2.28. The number of benzene rings is 2. The van der Waals surface area contributed by atoms with Gasteiger partial charge in [0.1, 0.15) is 18.1 Å². The lowest BCUT2D eigenvalue weighted by atomic mass is 10.0. The Balaban J connectivity index is 2.14. The van der Waals surface area contributed by atoms with Crippen molar-refractivity contribution < 1.29 is 13.6 Å². The van der Waals surface area contributed by atoms with Crippen LogP contribution in [-0.2, 0) is 17.6 Å². The molecule has 0 aliphatic rings. The summed E-state index contributed by atoms with van der Waals surface area (Å²) in [6.07, 6.45) is 0.656. The number of hydrogen-bond acceptors (Lipinski definition) is 1. The third-order valence-electron chi connectivity index (χ3n) is 3.34. The van der Waals surface area contributed by atoms with Crippen molar-refractivity contribution in [3.63, 3.8) is 0 Å². The van der Waals surface area contributed by atoms with E-state index in [1.54, 1.807) is 24.3 Å². The van der Waals surface area contributed by atoms with Crippen molar-refractivity contribution in [3.8, 4) is 0 Å². The van der Waals surface area contributed by atoms with Gasteiger partial charge < -0.3 is 0 Å². The smallest absolute Gasteiger partial charge is 0.188 e. The van der Waals surface area contributed by atoms with Gasteiger partial charge in [-0.1, -0.05) is 88.0 Å². The van der Waals surface area contributed by atoms with E-state index in [-0.39, 0.29) is 17.4 Å². The van der Waals surface area contributed by atoms with Crippen molar-refractivity contribution in [1.82, 2.24) is 0 Å². The summed E-state index contributed by atoms with van der Waals surface area (Å²) in [5.41, 5.74) is 1.60.